The van der Waals surface area contributed by atoms with Crippen molar-refractivity contribution in [2.45, 2.75) is 6.10 Å². The van der Waals surface area contributed by atoms with Crippen molar-refractivity contribution in [2.75, 3.05) is 0 Å². The summed E-state index contributed by atoms with van der Waals surface area (Å²) < 4.78 is 0. The first-order valence-corrected chi connectivity index (χ1v) is 5.74. The molecule has 0 amide bonds. The molecule has 84 valence electrons. The lowest BCUT2D eigenvalue weighted by Crippen LogP contribution is -2.03. The van der Waals surface area contributed by atoms with Crippen LogP contribution in [-0.4, -0.2) is 10.1 Å². The number of aromatic nitrogens is 1. The highest BCUT2D eigenvalue weighted by Gasteiger charge is 2.19. The van der Waals surface area contributed by atoms with Crippen LogP contribution in [-0.2, 0) is 0 Å². The van der Waals surface area contributed by atoms with Crippen LogP contribution in [0.5, 0.6) is 0 Å². The summed E-state index contributed by atoms with van der Waals surface area (Å²) in [5.74, 6) is 0. The van der Waals surface area contributed by atoms with E-state index in [1.165, 1.54) is 0 Å². The van der Waals surface area contributed by atoms with E-state index in [4.69, 9.17) is 11.6 Å². The first-order valence-electron chi connectivity index (χ1n) is 5.36. The quantitative estimate of drug-likeness (QED) is 0.770. The summed E-state index contributed by atoms with van der Waals surface area (Å²) >= 11 is 5.97. The second-order valence-electron chi connectivity index (χ2n) is 3.99. The topological polar surface area (TPSA) is 33.1 Å². The van der Waals surface area contributed by atoms with Crippen molar-refractivity contribution in [1.29, 1.82) is 0 Å². The van der Waals surface area contributed by atoms with E-state index in [0.717, 1.165) is 22.4 Å². The number of aliphatic hydroxyl groups excluding tert-OH is 1. The molecular weight excluding hydrogens is 234 g/mol. The third-order valence-corrected chi connectivity index (χ3v) is 3.17. The van der Waals surface area contributed by atoms with Crippen molar-refractivity contribution in [3.8, 4) is 0 Å². The Morgan fingerprint density at radius 2 is 2.00 bits per heavy atom. The van der Waals surface area contributed by atoms with E-state index in [9.17, 15) is 5.11 Å². The van der Waals surface area contributed by atoms with Crippen LogP contribution in [0.4, 0.5) is 0 Å². The van der Waals surface area contributed by atoms with Crippen LogP contribution in [0, 0.1) is 0 Å². The largest absolute Gasteiger partial charge is 0.384 e. The number of pyridine rings is 1. The van der Waals surface area contributed by atoms with Gasteiger partial charge in [0, 0.05) is 16.8 Å². The van der Waals surface area contributed by atoms with Gasteiger partial charge in [0.15, 0.2) is 0 Å². The van der Waals surface area contributed by atoms with Gasteiger partial charge in [-0.15, -0.1) is 0 Å². The van der Waals surface area contributed by atoms with E-state index < -0.39 is 6.10 Å². The Morgan fingerprint density at radius 1 is 1.12 bits per heavy atom. The molecule has 0 spiro atoms. The summed E-state index contributed by atoms with van der Waals surface area (Å²) in [6.07, 6.45) is 4.91. The van der Waals surface area contributed by atoms with Crippen molar-refractivity contribution < 1.29 is 5.11 Å². The third kappa shape index (κ3) is 1.75. The van der Waals surface area contributed by atoms with E-state index in [-0.39, 0.29) is 0 Å². The normalized spacial score (nSPS) is 17.2. The van der Waals surface area contributed by atoms with Crippen molar-refractivity contribution >= 4 is 23.8 Å². The summed E-state index contributed by atoms with van der Waals surface area (Å²) in [6, 6.07) is 9.23. The van der Waals surface area contributed by atoms with Crippen LogP contribution in [0.2, 0.25) is 5.02 Å². The molecule has 0 bridgehead atoms. The SMILES string of the molecule is OC1c2cc(Cl)ccc2C=Cc2ncccc21. The molecule has 2 aromatic rings. The second kappa shape index (κ2) is 3.99. The van der Waals surface area contributed by atoms with Gasteiger partial charge in [0.25, 0.3) is 0 Å². The zero-order valence-corrected chi connectivity index (χ0v) is 9.72. The second-order valence-corrected chi connectivity index (χ2v) is 4.42. The fourth-order valence-electron chi connectivity index (χ4n) is 2.07. The summed E-state index contributed by atoms with van der Waals surface area (Å²) in [7, 11) is 0. The van der Waals surface area contributed by atoms with Gasteiger partial charge < -0.3 is 5.11 Å². The minimum absolute atomic E-state index is 0.628. The summed E-state index contributed by atoms with van der Waals surface area (Å²) in [6.45, 7) is 0. The summed E-state index contributed by atoms with van der Waals surface area (Å²) in [4.78, 5) is 4.26. The molecule has 1 atom stereocenters. The van der Waals surface area contributed by atoms with Crippen LogP contribution in [0.1, 0.15) is 28.5 Å². The smallest absolute Gasteiger partial charge is 0.107 e. The Kier molecular flexibility index (Phi) is 2.46. The van der Waals surface area contributed by atoms with Gasteiger partial charge >= 0.3 is 0 Å². The fraction of sp³-hybridized carbons (Fsp3) is 0.0714. The van der Waals surface area contributed by atoms with Gasteiger partial charge in [-0.25, -0.2) is 0 Å². The van der Waals surface area contributed by atoms with Crippen LogP contribution in [0.3, 0.4) is 0 Å². The highest BCUT2D eigenvalue weighted by molar-refractivity contribution is 6.30. The molecule has 1 N–H and O–H groups in total. The molecule has 1 unspecified atom stereocenters. The molecule has 3 rings (SSSR count). The maximum Gasteiger partial charge on any atom is 0.107 e. The Hall–Kier alpha value is -1.64. The van der Waals surface area contributed by atoms with E-state index in [1.807, 2.05) is 36.4 Å². The number of nitrogens with zero attached hydrogens (tertiary/aromatic N) is 1. The van der Waals surface area contributed by atoms with Crippen LogP contribution in [0.15, 0.2) is 36.5 Å². The number of aliphatic hydroxyl groups is 1. The number of benzene rings is 1. The summed E-state index contributed by atoms with van der Waals surface area (Å²) in [5, 5.41) is 11.0. The number of halogens is 1. The van der Waals surface area contributed by atoms with Gasteiger partial charge in [0.2, 0.25) is 0 Å². The molecule has 17 heavy (non-hydrogen) atoms. The monoisotopic (exact) mass is 243 g/mol. The highest BCUT2D eigenvalue weighted by Crippen LogP contribution is 2.33. The maximum absolute atomic E-state index is 10.4. The van der Waals surface area contributed by atoms with E-state index in [2.05, 4.69) is 4.98 Å². The van der Waals surface area contributed by atoms with Crippen LogP contribution in [0.25, 0.3) is 12.2 Å². The predicted molar refractivity (Wildman–Crippen MR) is 68.7 cm³/mol. The minimum atomic E-state index is -0.678. The Morgan fingerprint density at radius 3 is 2.88 bits per heavy atom. The van der Waals surface area contributed by atoms with Crippen molar-refractivity contribution in [1.82, 2.24) is 4.98 Å². The molecule has 1 aliphatic rings. The number of hydrogen-bond donors (Lipinski definition) is 1. The number of rotatable bonds is 0. The average Bonchev–Trinajstić information content (AvgIpc) is 2.49. The standard InChI is InChI=1S/C14H10ClNO/c15-10-5-3-9-4-6-13-11(2-1-7-16-13)14(17)12(9)8-10/h1-8,14,17H. The molecule has 1 heterocycles. The maximum atomic E-state index is 10.4. The van der Waals surface area contributed by atoms with Crippen LogP contribution >= 0.6 is 11.6 Å². The molecule has 3 heteroatoms. The minimum Gasteiger partial charge on any atom is -0.384 e. The molecule has 0 aliphatic heterocycles. The third-order valence-electron chi connectivity index (χ3n) is 2.93. The first kappa shape index (κ1) is 10.5. The molecule has 1 aromatic heterocycles. The lowest BCUT2D eigenvalue weighted by molar-refractivity contribution is 0.219. The molecule has 0 fully saturated rings. The number of hydrogen-bond acceptors (Lipinski definition) is 2. The predicted octanol–water partition coefficient (Wildman–Crippen LogP) is 3.30. The zero-order valence-electron chi connectivity index (χ0n) is 8.97. The first-order chi connectivity index (χ1) is 8.25. The van der Waals surface area contributed by atoms with E-state index >= 15 is 0 Å². The average molecular weight is 244 g/mol. The molecule has 0 saturated heterocycles. The van der Waals surface area contributed by atoms with Gasteiger partial charge in [-0.3, -0.25) is 4.98 Å². The Bertz CT molecular complexity index is 607. The van der Waals surface area contributed by atoms with Gasteiger partial charge in [0.1, 0.15) is 6.10 Å². The molecule has 0 radical (unpaired) electrons. The fourth-order valence-corrected chi connectivity index (χ4v) is 2.25. The van der Waals surface area contributed by atoms with Gasteiger partial charge in [-0.1, -0.05) is 29.8 Å². The molecule has 1 aliphatic carbocycles. The van der Waals surface area contributed by atoms with Crippen molar-refractivity contribution in [3.63, 3.8) is 0 Å². The van der Waals surface area contributed by atoms with Gasteiger partial charge in [-0.05, 0) is 35.4 Å². The highest BCUT2D eigenvalue weighted by atomic mass is 35.5. The Labute approximate surface area is 104 Å². The zero-order chi connectivity index (χ0) is 11.8. The lowest BCUT2D eigenvalue weighted by Gasteiger charge is -2.13. The van der Waals surface area contributed by atoms with Crippen molar-refractivity contribution in [3.05, 3.63) is 63.9 Å². The van der Waals surface area contributed by atoms with E-state index in [0.29, 0.717) is 5.02 Å². The molecular formula is C14H10ClNO. The van der Waals surface area contributed by atoms with Gasteiger partial charge in [-0.2, -0.15) is 0 Å². The summed E-state index contributed by atoms with van der Waals surface area (Å²) in [5.41, 5.74) is 3.40. The van der Waals surface area contributed by atoms with Gasteiger partial charge in [0.05, 0.1) is 5.69 Å². The lowest BCUT2D eigenvalue weighted by atomic mass is 9.99. The molecule has 1 aromatic carbocycles. The number of fused-ring (bicyclic) bond motifs is 2. The van der Waals surface area contributed by atoms with Crippen molar-refractivity contribution in [2.24, 2.45) is 0 Å². The molecule has 0 saturated carbocycles. The van der Waals surface area contributed by atoms with Crippen LogP contribution < -0.4 is 0 Å². The van der Waals surface area contributed by atoms with E-state index in [1.54, 1.807) is 12.3 Å². The molecule has 2 nitrogen and oxygen atoms in total. The Balaban J connectivity index is 2.25.